The molecule has 2 amide bonds. The van der Waals surface area contributed by atoms with Gasteiger partial charge in [-0.05, 0) is 54.6 Å². The second kappa shape index (κ2) is 9.33. The Balaban J connectivity index is 1.45. The Morgan fingerprint density at radius 3 is 2.32 bits per heavy atom. The van der Waals surface area contributed by atoms with E-state index in [0.29, 0.717) is 17.1 Å². The molecule has 0 aliphatic heterocycles. The van der Waals surface area contributed by atoms with Crippen molar-refractivity contribution in [1.29, 1.82) is 0 Å². The van der Waals surface area contributed by atoms with Crippen LogP contribution in [-0.4, -0.2) is 11.0 Å². The van der Waals surface area contributed by atoms with Crippen LogP contribution in [0.1, 0.15) is 16.7 Å². The highest BCUT2D eigenvalue weighted by Crippen LogP contribution is 2.36. The molecule has 0 saturated carbocycles. The van der Waals surface area contributed by atoms with Gasteiger partial charge >= 0.3 is 12.2 Å². The van der Waals surface area contributed by atoms with Crippen molar-refractivity contribution in [3.63, 3.8) is 0 Å². The maximum Gasteiger partial charge on any atom is 0.417 e. The number of halogens is 4. The number of carbonyl (C=O) groups is 1. The average molecular weight is 481 g/mol. The molecule has 0 spiro atoms. The first-order chi connectivity index (χ1) is 16.2. The van der Waals surface area contributed by atoms with E-state index < -0.39 is 22.8 Å². The molecular formula is C25H16ClF3N4O. The van der Waals surface area contributed by atoms with Crippen molar-refractivity contribution in [2.75, 3.05) is 16.4 Å². The number of pyridine rings is 1. The second-order valence-electron chi connectivity index (χ2n) is 7.21. The lowest BCUT2D eigenvalue weighted by molar-refractivity contribution is -0.137. The van der Waals surface area contributed by atoms with Gasteiger partial charge in [-0.2, -0.15) is 13.2 Å². The minimum absolute atomic E-state index is 0.0411. The molecular weight excluding hydrogens is 465 g/mol. The molecule has 170 valence electrons. The molecule has 0 fully saturated rings. The maximum absolute atomic E-state index is 13.0. The zero-order valence-corrected chi connectivity index (χ0v) is 18.1. The third-order valence-electron chi connectivity index (χ3n) is 4.75. The molecule has 4 aromatic rings. The van der Waals surface area contributed by atoms with Crippen LogP contribution in [0.5, 0.6) is 0 Å². The zero-order chi connectivity index (χ0) is 24.3. The number of hydrogen-bond donors (Lipinski definition) is 3. The van der Waals surface area contributed by atoms with Crippen molar-refractivity contribution in [2.24, 2.45) is 0 Å². The number of nitrogens with zero attached hydrogens (tertiary/aromatic N) is 1. The summed E-state index contributed by atoms with van der Waals surface area (Å²) in [5, 5.41) is 5.36. The molecule has 5 nitrogen and oxygen atoms in total. The lowest BCUT2D eigenvalue weighted by Crippen LogP contribution is -2.19. The zero-order valence-electron chi connectivity index (χ0n) is 17.4. The van der Waals surface area contributed by atoms with E-state index in [4.69, 9.17) is 17.3 Å². The van der Waals surface area contributed by atoms with Crippen molar-refractivity contribution in [1.82, 2.24) is 4.98 Å². The van der Waals surface area contributed by atoms with E-state index in [1.54, 1.807) is 30.3 Å². The van der Waals surface area contributed by atoms with Crippen LogP contribution >= 0.6 is 11.6 Å². The number of rotatable bonds is 2. The van der Waals surface area contributed by atoms with E-state index in [2.05, 4.69) is 27.5 Å². The van der Waals surface area contributed by atoms with Crippen molar-refractivity contribution in [2.45, 2.75) is 6.18 Å². The molecule has 0 aliphatic carbocycles. The van der Waals surface area contributed by atoms with Gasteiger partial charge in [0, 0.05) is 27.9 Å². The summed E-state index contributed by atoms with van der Waals surface area (Å²) < 4.78 is 39.0. The molecule has 4 rings (SSSR count). The predicted octanol–water partition coefficient (Wildman–Crippen LogP) is 6.53. The third-order valence-corrected chi connectivity index (χ3v) is 5.08. The number of nitrogens with two attached hydrogens (primary N) is 1. The van der Waals surface area contributed by atoms with Crippen LogP contribution in [0.4, 0.5) is 35.2 Å². The first kappa shape index (κ1) is 23.0. The summed E-state index contributed by atoms with van der Waals surface area (Å²) in [4.78, 5) is 16.5. The van der Waals surface area contributed by atoms with Gasteiger partial charge in [-0.1, -0.05) is 41.6 Å². The van der Waals surface area contributed by atoms with Crippen LogP contribution in [0, 0.1) is 11.8 Å². The van der Waals surface area contributed by atoms with Crippen LogP contribution in [0.3, 0.4) is 0 Å². The Bertz CT molecular complexity index is 1440. The molecule has 0 bridgehead atoms. The predicted molar refractivity (Wildman–Crippen MR) is 128 cm³/mol. The fourth-order valence-electron chi connectivity index (χ4n) is 3.19. The van der Waals surface area contributed by atoms with Crippen molar-refractivity contribution in [3.05, 3.63) is 94.5 Å². The monoisotopic (exact) mass is 480 g/mol. The van der Waals surface area contributed by atoms with E-state index >= 15 is 0 Å². The number of carbonyl (C=O) groups excluding carboxylic acids is 1. The summed E-state index contributed by atoms with van der Waals surface area (Å²) in [6, 6.07) is 18.3. The highest BCUT2D eigenvalue weighted by atomic mass is 35.5. The van der Waals surface area contributed by atoms with Crippen LogP contribution in [0.15, 0.2) is 72.8 Å². The molecule has 0 aliphatic rings. The number of nitrogens with one attached hydrogen (secondary N) is 2. The largest absolute Gasteiger partial charge is 0.417 e. The standard InChI is InChI=1S/C25H16ClF3N4O/c26-21-12-11-18(14-20(21)25(27,28)29)32-24(34)31-17-9-6-15(7-10-17)5-8-16-13-23(30)33-22-4-2-1-3-19(16)22/h1-4,6-7,9-14H,(H2,30,33)(H2,31,32,34). The van der Waals surface area contributed by atoms with Crippen LogP contribution in [0.2, 0.25) is 5.02 Å². The Morgan fingerprint density at radius 2 is 1.59 bits per heavy atom. The highest BCUT2D eigenvalue weighted by molar-refractivity contribution is 6.31. The topological polar surface area (TPSA) is 80.0 Å². The summed E-state index contributed by atoms with van der Waals surface area (Å²) in [5.41, 5.74) is 7.42. The van der Waals surface area contributed by atoms with Gasteiger partial charge in [0.05, 0.1) is 16.1 Å². The van der Waals surface area contributed by atoms with Gasteiger partial charge in [0.2, 0.25) is 0 Å². The minimum atomic E-state index is -4.63. The van der Waals surface area contributed by atoms with Crippen LogP contribution in [0.25, 0.3) is 10.9 Å². The second-order valence-corrected chi connectivity index (χ2v) is 7.62. The third kappa shape index (κ3) is 5.39. The summed E-state index contributed by atoms with van der Waals surface area (Å²) >= 11 is 5.59. The van der Waals surface area contributed by atoms with E-state index in [0.717, 1.165) is 28.6 Å². The summed E-state index contributed by atoms with van der Waals surface area (Å²) in [5.74, 6) is 6.50. The van der Waals surface area contributed by atoms with Crippen LogP contribution in [-0.2, 0) is 6.18 Å². The molecule has 3 aromatic carbocycles. The molecule has 34 heavy (non-hydrogen) atoms. The van der Waals surface area contributed by atoms with Gasteiger partial charge in [-0.3, -0.25) is 0 Å². The number of hydrogen-bond acceptors (Lipinski definition) is 3. The summed E-state index contributed by atoms with van der Waals surface area (Å²) in [6.07, 6.45) is -4.63. The summed E-state index contributed by atoms with van der Waals surface area (Å²) in [7, 11) is 0. The molecule has 0 radical (unpaired) electrons. The molecule has 1 heterocycles. The number of anilines is 3. The SMILES string of the molecule is Nc1cc(C#Cc2ccc(NC(=O)Nc3ccc(Cl)c(C(F)(F)F)c3)cc2)c2ccccc2n1. The Kier molecular flexibility index (Phi) is 6.30. The number of benzene rings is 3. The molecule has 9 heteroatoms. The number of alkyl halides is 3. The number of nitrogen functional groups attached to an aromatic ring is 1. The first-order valence-corrected chi connectivity index (χ1v) is 10.3. The number of aromatic nitrogens is 1. The van der Waals surface area contributed by atoms with Gasteiger partial charge in [0.1, 0.15) is 5.82 Å². The fraction of sp³-hybridized carbons (Fsp3) is 0.0400. The molecule has 0 atom stereocenters. The van der Waals surface area contributed by atoms with E-state index in [1.807, 2.05) is 24.3 Å². The number of fused-ring (bicyclic) bond motifs is 1. The van der Waals surface area contributed by atoms with Gasteiger partial charge < -0.3 is 16.4 Å². The minimum Gasteiger partial charge on any atom is -0.384 e. The van der Waals surface area contributed by atoms with E-state index in [1.165, 1.54) is 6.07 Å². The molecule has 1 aromatic heterocycles. The maximum atomic E-state index is 13.0. The van der Waals surface area contributed by atoms with Gasteiger partial charge in [-0.15, -0.1) is 0 Å². The Labute approximate surface area is 197 Å². The lowest BCUT2D eigenvalue weighted by Gasteiger charge is -2.12. The van der Waals surface area contributed by atoms with Gasteiger partial charge in [0.15, 0.2) is 0 Å². The van der Waals surface area contributed by atoms with Gasteiger partial charge in [-0.25, -0.2) is 9.78 Å². The normalized spacial score (nSPS) is 10.9. The smallest absolute Gasteiger partial charge is 0.384 e. The first-order valence-electron chi connectivity index (χ1n) is 9.91. The van der Waals surface area contributed by atoms with Crippen molar-refractivity contribution >= 4 is 45.7 Å². The summed E-state index contributed by atoms with van der Waals surface area (Å²) in [6.45, 7) is 0. The van der Waals surface area contributed by atoms with Crippen molar-refractivity contribution < 1.29 is 18.0 Å². The van der Waals surface area contributed by atoms with E-state index in [-0.39, 0.29) is 5.69 Å². The van der Waals surface area contributed by atoms with Gasteiger partial charge in [0.25, 0.3) is 0 Å². The lowest BCUT2D eigenvalue weighted by atomic mass is 10.1. The number of amides is 2. The number of para-hydroxylation sites is 1. The Hall–Kier alpha value is -4.22. The molecule has 0 unspecified atom stereocenters. The fourth-order valence-corrected chi connectivity index (χ4v) is 3.41. The van der Waals surface area contributed by atoms with E-state index in [9.17, 15) is 18.0 Å². The quantitative estimate of drug-likeness (QED) is 0.285. The molecule has 4 N–H and O–H groups in total. The average Bonchev–Trinajstić information content (AvgIpc) is 2.79. The van der Waals surface area contributed by atoms with Crippen molar-refractivity contribution in [3.8, 4) is 11.8 Å². The number of urea groups is 1. The highest BCUT2D eigenvalue weighted by Gasteiger charge is 2.33. The van der Waals surface area contributed by atoms with Crippen LogP contribution < -0.4 is 16.4 Å². The molecule has 0 saturated heterocycles. The Morgan fingerprint density at radius 1 is 0.912 bits per heavy atom.